The summed E-state index contributed by atoms with van der Waals surface area (Å²) in [6, 6.07) is 19.2. The largest absolute Gasteiger partial charge is 0.416 e. The number of benzene rings is 2. The lowest BCUT2D eigenvalue weighted by Crippen LogP contribution is -2.37. The van der Waals surface area contributed by atoms with E-state index in [1.54, 1.807) is 16.8 Å². The highest BCUT2D eigenvalue weighted by molar-refractivity contribution is 5.70. The van der Waals surface area contributed by atoms with Crippen LogP contribution in [0.3, 0.4) is 0 Å². The van der Waals surface area contributed by atoms with Gasteiger partial charge < -0.3 is 9.84 Å². The van der Waals surface area contributed by atoms with Gasteiger partial charge in [-0.15, -0.1) is 0 Å². The summed E-state index contributed by atoms with van der Waals surface area (Å²) in [5, 5.41) is 23.3. The lowest BCUT2D eigenvalue weighted by Gasteiger charge is -2.31. The third-order valence-corrected chi connectivity index (χ3v) is 8.01. The van der Waals surface area contributed by atoms with Crippen LogP contribution >= 0.6 is 0 Å². The molecule has 1 N–H and O–H groups in total. The van der Waals surface area contributed by atoms with E-state index in [1.165, 1.54) is 0 Å². The maximum Gasteiger partial charge on any atom is 0.416 e. The van der Waals surface area contributed by atoms with Crippen LogP contribution in [0.15, 0.2) is 65.6 Å². The summed E-state index contributed by atoms with van der Waals surface area (Å²) >= 11 is 0. The molecule has 1 atom stereocenters. The summed E-state index contributed by atoms with van der Waals surface area (Å²) in [5.41, 5.74) is 5.49. The van der Waals surface area contributed by atoms with Gasteiger partial charge in [0.15, 0.2) is 6.10 Å². The van der Waals surface area contributed by atoms with Crippen LogP contribution in [0, 0.1) is 11.3 Å². The Hall–Kier alpha value is -3.94. The van der Waals surface area contributed by atoms with Crippen molar-refractivity contribution in [1.29, 1.82) is 5.26 Å². The fourth-order valence-electron chi connectivity index (χ4n) is 5.84. The van der Waals surface area contributed by atoms with Crippen LogP contribution in [0.5, 0.6) is 0 Å². The van der Waals surface area contributed by atoms with E-state index in [-0.39, 0.29) is 11.6 Å². The molecular formula is C32H33F3N4O3. The average molecular weight is 579 g/mol. The molecule has 2 aromatic heterocycles. The molecule has 2 heterocycles. The molecule has 0 aliphatic heterocycles. The molecule has 42 heavy (non-hydrogen) atoms. The van der Waals surface area contributed by atoms with Gasteiger partial charge in [-0.25, -0.2) is 4.52 Å². The van der Waals surface area contributed by atoms with Gasteiger partial charge >= 0.3 is 6.18 Å². The zero-order valence-electron chi connectivity index (χ0n) is 23.3. The fraction of sp³-hybridized carbons (Fsp3) is 0.406. The highest BCUT2D eigenvalue weighted by Crippen LogP contribution is 2.32. The molecule has 1 aliphatic carbocycles. The maximum atomic E-state index is 14.2. The second-order valence-corrected chi connectivity index (χ2v) is 10.8. The number of aliphatic hydroxyl groups is 1. The molecule has 1 fully saturated rings. The number of aliphatic hydroxyl groups excluding tert-OH is 1. The zero-order chi connectivity index (χ0) is 29.9. The number of hydrogen-bond acceptors (Lipinski definition) is 5. The Bertz CT molecular complexity index is 1630. The predicted octanol–water partition coefficient (Wildman–Crippen LogP) is 6.00. The van der Waals surface area contributed by atoms with Gasteiger partial charge in [0.25, 0.3) is 5.56 Å². The first-order valence-electron chi connectivity index (χ1n) is 14.3. The first-order chi connectivity index (χ1) is 20.2. The summed E-state index contributed by atoms with van der Waals surface area (Å²) < 4.78 is 47.0. The molecule has 0 bridgehead atoms. The lowest BCUT2D eigenvalue weighted by molar-refractivity contribution is -0.222. The number of hydrogen-bond donors (Lipinski definition) is 1. The first-order valence-corrected chi connectivity index (χ1v) is 14.3. The normalized spacial score (nSPS) is 18.2. The van der Waals surface area contributed by atoms with Crippen molar-refractivity contribution in [2.75, 3.05) is 6.61 Å². The van der Waals surface area contributed by atoms with Crippen LogP contribution in [0.1, 0.15) is 67.5 Å². The van der Waals surface area contributed by atoms with Crippen molar-refractivity contribution in [3.63, 3.8) is 0 Å². The van der Waals surface area contributed by atoms with Crippen molar-refractivity contribution in [3.8, 4) is 17.2 Å². The van der Waals surface area contributed by atoms with Crippen LogP contribution < -0.4 is 5.56 Å². The van der Waals surface area contributed by atoms with Crippen LogP contribution in [0.25, 0.3) is 16.8 Å². The quantitative estimate of drug-likeness (QED) is 0.263. The van der Waals surface area contributed by atoms with Gasteiger partial charge in [-0.1, -0.05) is 55.8 Å². The maximum absolute atomic E-state index is 14.2. The van der Waals surface area contributed by atoms with Gasteiger partial charge in [-0.3, -0.25) is 9.36 Å². The SMILES string of the molecule is CCCc1c(Cc2ccc(-c3ccccc3C#N)cc2)c(=O)n(C2CCC(OCC(O)C(F)(F)F)CC2)c2ccnn12. The molecule has 2 aromatic carbocycles. The third kappa shape index (κ3) is 6.13. The second kappa shape index (κ2) is 12.5. The number of aryl methyl sites for hydroxylation is 1. The summed E-state index contributed by atoms with van der Waals surface area (Å²) in [5.74, 6) is 0. The van der Waals surface area contributed by atoms with Crippen LogP contribution in [-0.4, -0.2) is 44.3 Å². The van der Waals surface area contributed by atoms with Crippen molar-refractivity contribution >= 4 is 5.65 Å². The van der Waals surface area contributed by atoms with E-state index in [9.17, 15) is 28.3 Å². The van der Waals surface area contributed by atoms with Crippen molar-refractivity contribution < 1.29 is 23.0 Å². The van der Waals surface area contributed by atoms with E-state index >= 15 is 0 Å². The van der Waals surface area contributed by atoms with Gasteiger partial charge in [-0.05, 0) is 54.9 Å². The van der Waals surface area contributed by atoms with Gasteiger partial charge in [0.1, 0.15) is 5.65 Å². The Morgan fingerprint density at radius 1 is 1.10 bits per heavy atom. The third-order valence-electron chi connectivity index (χ3n) is 8.01. The van der Waals surface area contributed by atoms with Gasteiger partial charge in [0.2, 0.25) is 0 Å². The van der Waals surface area contributed by atoms with E-state index in [0.717, 1.165) is 28.8 Å². The molecule has 4 aromatic rings. The van der Waals surface area contributed by atoms with E-state index in [0.29, 0.717) is 55.3 Å². The first kappa shape index (κ1) is 29.5. The monoisotopic (exact) mass is 578 g/mol. The number of ether oxygens (including phenoxy) is 1. The van der Waals surface area contributed by atoms with Crippen molar-refractivity contribution in [3.05, 3.63) is 93.5 Å². The Morgan fingerprint density at radius 2 is 1.81 bits per heavy atom. The Kier molecular flexibility index (Phi) is 8.80. The van der Waals surface area contributed by atoms with Gasteiger partial charge in [0.05, 0.1) is 36.2 Å². The van der Waals surface area contributed by atoms with Gasteiger partial charge in [0, 0.05) is 24.1 Å². The number of fused-ring (bicyclic) bond motifs is 1. The molecule has 0 amide bonds. The highest BCUT2D eigenvalue weighted by Gasteiger charge is 2.39. The molecule has 7 nitrogen and oxygen atoms in total. The number of nitriles is 1. The second-order valence-electron chi connectivity index (χ2n) is 10.8. The van der Waals surface area contributed by atoms with Crippen LogP contribution in [0.4, 0.5) is 13.2 Å². The summed E-state index contributed by atoms with van der Waals surface area (Å²) in [6.07, 6.45) is -1.91. The Labute approximate surface area is 241 Å². The van der Waals surface area contributed by atoms with Crippen molar-refractivity contribution in [1.82, 2.24) is 14.2 Å². The molecule has 220 valence electrons. The fourth-order valence-corrected chi connectivity index (χ4v) is 5.84. The smallest absolute Gasteiger partial charge is 0.382 e. The minimum Gasteiger partial charge on any atom is -0.382 e. The number of nitrogens with zero attached hydrogens (tertiary/aromatic N) is 4. The molecule has 1 saturated carbocycles. The molecule has 1 unspecified atom stereocenters. The molecule has 0 saturated heterocycles. The van der Waals surface area contributed by atoms with Gasteiger partial charge in [-0.2, -0.15) is 23.5 Å². The number of alkyl halides is 3. The molecule has 0 spiro atoms. The van der Waals surface area contributed by atoms with Crippen LogP contribution in [-0.2, 0) is 17.6 Å². The topological polar surface area (TPSA) is 92.5 Å². The summed E-state index contributed by atoms with van der Waals surface area (Å²) in [6.45, 7) is 1.27. The average Bonchev–Trinajstić information content (AvgIpc) is 3.47. The van der Waals surface area contributed by atoms with Crippen molar-refractivity contribution in [2.45, 2.75) is 76.3 Å². The predicted molar refractivity (Wildman–Crippen MR) is 152 cm³/mol. The highest BCUT2D eigenvalue weighted by atomic mass is 19.4. The Balaban J connectivity index is 1.41. The van der Waals surface area contributed by atoms with Crippen molar-refractivity contribution in [2.24, 2.45) is 0 Å². The molecule has 1 aliphatic rings. The molecule has 10 heteroatoms. The summed E-state index contributed by atoms with van der Waals surface area (Å²) in [7, 11) is 0. The summed E-state index contributed by atoms with van der Waals surface area (Å²) in [4.78, 5) is 14.2. The van der Waals surface area contributed by atoms with E-state index < -0.39 is 25.0 Å². The van der Waals surface area contributed by atoms with E-state index in [4.69, 9.17) is 4.74 Å². The van der Waals surface area contributed by atoms with E-state index in [1.807, 2.05) is 53.0 Å². The number of halogens is 3. The lowest BCUT2D eigenvalue weighted by atomic mass is 9.92. The number of aromatic nitrogens is 3. The van der Waals surface area contributed by atoms with Crippen LogP contribution in [0.2, 0.25) is 0 Å². The molecule has 0 radical (unpaired) electrons. The minimum absolute atomic E-state index is 0.0813. The molecule has 5 rings (SSSR count). The van der Waals surface area contributed by atoms with E-state index in [2.05, 4.69) is 18.1 Å². The minimum atomic E-state index is -4.71. The zero-order valence-corrected chi connectivity index (χ0v) is 23.3. The number of rotatable bonds is 9. The molecular weight excluding hydrogens is 545 g/mol. The standard InChI is InChI=1S/C32H33F3N4O3/c1-2-5-28-27(18-21-8-10-22(11-9-21)26-7-4-3-6-23(26)19-36)31(41)38(30-16-17-37-39(28)30)24-12-14-25(15-13-24)42-20-29(40)32(33,34)35/h3-4,6-11,16-17,24-25,29,40H,2,5,12-15,18,20H2,1H3. The Morgan fingerprint density at radius 3 is 2.48 bits per heavy atom.